The molecule has 0 saturated carbocycles. The van der Waals surface area contributed by atoms with Crippen LogP contribution >= 0.6 is 11.3 Å². The number of nitrogens with zero attached hydrogens (tertiary/aromatic N) is 4. The molecule has 2 aromatic heterocycles. The molecule has 0 unspecified atom stereocenters. The van der Waals surface area contributed by atoms with Gasteiger partial charge in [0.25, 0.3) is 5.91 Å². The number of likely N-dealkylation sites (tertiary alicyclic amines) is 1. The molecule has 0 aliphatic carbocycles. The van der Waals surface area contributed by atoms with Crippen LogP contribution in [0.25, 0.3) is 0 Å². The smallest absolute Gasteiger partial charge is 0.267 e. The molecule has 1 fully saturated rings. The van der Waals surface area contributed by atoms with Gasteiger partial charge in [0, 0.05) is 32.1 Å². The number of hydrogen-bond donors (Lipinski definition) is 1. The molecule has 0 aromatic carbocycles. The quantitative estimate of drug-likeness (QED) is 0.910. The van der Waals surface area contributed by atoms with E-state index in [0.717, 1.165) is 57.2 Å². The Bertz CT molecular complexity index is 733. The molecular formula is C16H21N5O2S. The van der Waals surface area contributed by atoms with Crippen LogP contribution in [0.3, 0.4) is 0 Å². The highest BCUT2D eigenvalue weighted by molar-refractivity contribution is 7.12. The maximum Gasteiger partial charge on any atom is 0.267 e. The molecule has 1 N–H and O–H groups in total. The maximum absolute atomic E-state index is 12.7. The summed E-state index contributed by atoms with van der Waals surface area (Å²) in [6.07, 6.45) is 1.87. The number of carbonyl (C=O) groups is 1. The van der Waals surface area contributed by atoms with E-state index in [2.05, 4.69) is 20.1 Å². The molecule has 24 heavy (non-hydrogen) atoms. The second kappa shape index (κ2) is 6.52. The summed E-state index contributed by atoms with van der Waals surface area (Å²) in [5.41, 5.74) is 0. The van der Waals surface area contributed by atoms with Crippen molar-refractivity contribution in [1.29, 1.82) is 0 Å². The number of amides is 1. The van der Waals surface area contributed by atoms with Crippen molar-refractivity contribution in [2.75, 3.05) is 26.7 Å². The van der Waals surface area contributed by atoms with E-state index >= 15 is 0 Å². The molecule has 0 spiro atoms. The number of hydrogen-bond acceptors (Lipinski definition) is 6. The molecule has 4 heterocycles. The van der Waals surface area contributed by atoms with E-state index in [1.165, 1.54) is 11.3 Å². The fourth-order valence-corrected chi connectivity index (χ4v) is 4.34. The second-order valence-corrected chi connectivity index (χ2v) is 7.10. The van der Waals surface area contributed by atoms with Gasteiger partial charge in [-0.2, -0.15) is 0 Å². The summed E-state index contributed by atoms with van der Waals surface area (Å²) < 4.78 is 7.53. The monoisotopic (exact) mass is 347 g/mol. The summed E-state index contributed by atoms with van der Waals surface area (Å²) in [5, 5.41) is 13.9. The largest absolute Gasteiger partial charge is 0.495 e. The fourth-order valence-electron chi connectivity index (χ4n) is 3.52. The zero-order valence-corrected chi connectivity index (χ0v) is 14.5. The highest BCUT2D eigenvalue weighted by Gasteiger charge is 2.30. The predicted molar refractivity (Wildman–Crippen MR) is 90.5 cm³/mol. The third-order valence-corrected chi connectivity index (χ3v) is 5.73. The van der Waals surface area contributed by atoms with Crippen molar-refractivity contribution in [3.63, 3.8) is 0 Å². The van der Waals surface area contributed by atoms with E-state index in [0.29, 0.717) is 16.5 Å². The molecule has 2 aliphatic rings. The van der Waals surface area contributed by atoms with Crippen LogP contribution in [-0.2, 0) is 13.1 Å². The van der Waals surface area contributed by atoms with E-state index in [4.69, 9.17) is 4.74 Å². The minimum atomic E-state index is 0.0766. The molecule has 0 radical (unpaired) electrons. The average Bonchev–Trinajstić information content (AvgIpc) is 3.28. The molecule has 2 aliphatic heterocycles. The number of nitrogens with one attached hydrogen (secondary N) is 1. The van der Waals surface area contributed by atoms with Gasteiger partial charge in [-0.1, -0.05) is 0 Å². The normalized spacial score (nSPS) is 18.5. The SMILES string of the molecule is COc1ccsc1C(=O)N1CCC(c2nnc3n2CCNC3)CC1. The number of aromatic nitrogens is 3. The third kappa shape index (κ3) is 2.69. The number of methoxy groups -OCH3 is 1. The lowest BCUT2D eigenvalue weighted by molar-refractivity contribution is 0.0712. The number of ether oxygens (including phenoxy) is 1. The van der Waals surface area contributed by atoms with Crippen LogP contribution in [0.5, 0.6) is 5.75 Å². The Morgan fingerprint density at radius 3 is 2.96 bits per heavy atom. The number of rotatable bonds is 3. The summed E-state index contributed by atoms with van der Waals surface area (Å²) in [6.45, 7) is 4.20. The fraction of sp³-hybridized carbons (Fsp3) is 0.562. The summed E-state index contributed by atoms with van der Waals surface area (Å²) in [6, 6.07) is 1.85. The first-order valence-corrected chi connectivity index (χ1v) is 9.19. The molecule has 7 nitrogen and oxygen atoms in total. The summed E-state index contributed by atoms with van der Waals surface area (Å²) in [7, 11) is 1.61. The van der Waals surface area contributed by atoms with Gasteiger partial charge in [-0.05, 0) is 24.3 Å². The molecule has 0 bridgehead atoms. The minimum Gasteiger partial charge on any atom is -0.495 e. The number of fused-ring (bicyclic) bond motifs is 1. The Morgan fingerprint density at radius 2 is 2.17 bits per heavy atom. The number of piperidine rings is 1. The molecular weight excluding hydrogens is 326 g/mol. The molecule has 0 atom stereocenters. The topological polar surface area (TPSA) is 72.3 Å². The zero-order valence-electron chi connectivity index (χ0n) is 13.7. The van der Waals surface area contributed by atoms with Crippen LogP contribution in [0.4, 0.5) is 0 Å². The molecule has 1 amide bonds. The Hall–Kier alpha value is -1.93. The zero-order chi connectivity index (χ0) is 16.5. The van der Waals surface area contributed by atoms with Gasteiger partial charge >= 0.3 is 0 Å². The first-order valence-electron chi connectivity index (χ1n) is 8.31. The summed E-state index contributed by atoms with van der Waals surface area (Å²) >= 11 is 1.44. The molecule has 2 aromatic rings. The second-order valence-electron chi connectivity index (χ2n) is 6.19. The van der Waals surface area contributed by atoms with Gasteiger partial charge in [0.2, 0.25) is 0 Å². The Balaban J connectivity index is 1.44. The predicted octanol–water partition coefficient (Wildman–Crippen LogP) is 1.47. The number of carbonyl (C=O) groups excluding carboxylic acids is 1. The maximum atomic E-state index is 12.7. The van der Waals surface area contributed by atoms with Gasteiger partial charge in [0.1, 0.15) is 22.3 Å². The van der Waals surface area contributed by atoms with E-state index in [1.54, 1.807) is 7.11 Å². The molecule has 1 saturated heterocycles. The highest BCUT2D eigenvalue weighted by Crippen LogP contribution is 2.31. The van der Waals surface area contributed by atoms with Gasteiger partial charge in [0.15, 0.2) is 0 Å². The Labute approximate surface area is 144 Å². The van der Waals surface area contributed by atoms with Crippen LogP contribution in [0.15, 0.2) is 11.4 Å². The lowest BCUT2D eigenvalue weighted by atomic mass is 9.95. The van der Waals surface area contributed by atoms with Crippen molar-refractivity contribution in [2.45, 2.75) is 31.8 Å². The van der Waals surface area contributed by atoms with Crippen molar-refractivity contribution in [1.82, 2.24) is 25.0 Å². The lowest BCUT2D eigenvalue weighted by Crippen LogP contribution is -2.38. The molecule has 128 valence electrons. The summed E-state index contributed by atoms with van der Waals surface area (Å²) in [5.74, 6) is 3.25. The molecule has 4 rings (SSSR count). The van der Waals surface area contributed by atoms with Crippen LogP contribution < -0.4 is 10.1 Å². The first kappa shape index (κ1) is 15.6. The van der Waals surface area contributed by atoms with Gasteiger partial charge in [-0.25, -0.2) is 0 Å². The van der Waals surface area contributed by atoms with Crippen LogP contribution in [-0.4, -0.2) is 52.3 Å². The lowest BCUT2D eigenvalue weighted by Gasteiger charge is -2.32. The van der Waals surface area contributed by atoms with E-state index in [9.17, 15) is 4.79 Å². The first-order chi connectivity index (χ1) is 11.8. The Morgan fingerprint density at radius 1 is 1.33 bits per heavy atom. The van der Waals surface area contributed by atoms with Gasteiger partial charge in [0.05, 0.1) is 13.7 Å². The minimum absolute atomic E-state index is 0.0766. The van der Waals surface area contributed by atoms with Gasteiger partial charge in [-0.3, -0.25) is 4.79 Å². The van der Waals surface area contributed by atoms with Crippen molar-refractivity contribution in [3.05, 3.63) is 28.0 Å². The van der Waals surface area contributed by atoms with Crippen LogP contribution in [0.2, 0.25) is 0 Å². The molecule has 8 heteroatoms. The van der Waals surface area contributed by atoms with E-state index < -0.39 is 0 Å². The standard InChI is InChI=1S/C16H21N5O2S/c1-23-12-4-9-24-14(12)16(22)20-6-2-11(3-7-20)15-19-18-13-10-17-5-8-21(13)15/h4,9,11,17H,2-3,5-8,10H2,1H3. The van der Waals surface area contributed by atoms with Crippen LogP contribution in [0.1, 0.15) is 40.1 Å². The number of thiophene rings is 1. The van der Waals surface area contributed by atoms with Crippen molar-refractivity contribution in [3.8, 4) is 5.75 Å². The van der Waals surface area contributed by atoms with Crippen molar-refractivity contribution in [2.24, 2.45) is 0 Å². The highest BCUT2D eigenvalue weighted by atomic mass is 32.1. The Kier molecular flexibility index (Phi) is 4.24. The van der Waals surface area contributed by atoms with Crippen molar-refractivity contribution < 1.29 is 9.53 Å². The van der Waals surface area contributed by atoms with E-state index in [-0.39, 0.29) is 5.91 Å². The van der Waals surface area contributed by atoms with Crippen molar-refractivity contribution >= 4 is 17.2 Å². The third-order valence-electron chi connectivity index (χ3n) is 4.84. The van der Waals surface area contributed by atoms with Gasteiger partial charge < -0.3 is 19.5 Å². The average molecular weight is 347 g/mol. The van der Waals surface area contributed by atoms with Gasteiger partial charge in [-0.15, -0.1) is 21.5 Å². The van der Waals surface area contributed by atoms with E-state index in [1.807, 2.05) is 16.3 Å². The summed E-state index contributed by atoms with van der Waals surface area (Å²) in [4.78, 5) is 15.3. The van der Waals surface area contributed by atoms with Crippen LogP contribution in [0, 0.1) is 0 Å².